The molecule has 37 heavy (non-hydrogen) atoms. The maximum absolute atomic E-state index is 13.8. The fourth-order valence-electron chi connectivity index (χ4n) is 4.52. The molecule has 0 aliphatic carbocycles. The number of hydrogen-bond donors (Lipinski definition) is 1. The van der Waals surface area contributed by atoms with E-state index in [1.807, 2.05) is 0 Å². The number of benzene rings is 1. The zero-order valence-corrected chi connectivity index (χ0v) is 24.1. The summed E-state index contributed by atoms with van der Waals surface area (Å²) in [5.74, 6) is -1.81. The summed E-state index contributed by atoms with van der Waals surface area (Å²) in [5.41, 5.74) is 1.05. The van der Waals surface area contributed by atoms with Crippen LogP contribution in [0.15, 0.2) is 59.7 Å². The number of carbonyl (C=O) groups is 2. The molecule has 1 aromatic rings. The molecule has 1 saturated heterocycles. The molecule has 2 rings (SSSR count). The van der Waals surface area contributed by atoms with Crippen LogP contribution in [-0.4, -0.2) is 59.0 Å². The van der Waals surface area contributed by atoms with Crippen molar-refractivity contribution in [2.45, 2.75) is 82.3 Å². The van der Waals surface area contributed by atoms with Crippen LogP contribution in [0.25, 0.3) is 0 Å². The van der Waals surface area contributed by atoms with Gasteiger partial charge in [-0.25, -0.2) is 8.42 Å². The minimum atomic E-state index is -3.62. The summed E-state index contributed by atoms with van der Waals surface area (Å²) in [4.78, 5) is 26.9. The van der Waals surface area contributed by atoms with Crippen molar-refractivity contribution in [1.82, 2.24) is 4.90 Å². The second-order valence-corrected chi connectivity index (χ2v) is 13.0. The van der Waals surface area contributed by atoms with Crippen molar-refractivity contribution in [3.05, 3.63) is 70.3 Å². The molecular weight excluding hydrogens is 537 g/mol. The number of halogens is 2. The molecule has 0 spiro atoms. The Kier molecular flexibility index (Phi) is 11.0. The van der Waals surface area contributed by atoms with Crippen molar-refractivity contribution < 1.29 is 27.9 Å². The summed E-state index contributed by atoms with van der Waals surface area (Å²) in [6.07, 6.45) is 2.52. The number of ether oxygens (including phenoxy) is 1. The highest BCUT2D eigenvalue weighted by molar-refractivity contribution is 7.92. The summed E-state index contributed by atoms with van der Waals surface area (Å²) in [7, 11) is -3.62. The number of nitrogens with zero attached hydrogens (tertiary/aromatic N) is 1. The number of carboxylic acids is 1. The monoisotopic (exact) mass is 571 g/mol. The van der Waals surface area contributed by atoms with Crippen LogP contribution in [0, 0.1) is 0 Å². The molecule has 1 fully saturated rings. The van der Waals surface area contributed by atoms with Gasteiger partial charge >= 0.3 is 5.97 Å². The van der Waals surface area contributed by atoms with Crippen LogP contribution in [0.5, 0.6) is 0 Å². The number of rotatable bonds is 11. The Morgan fingerprint density at radius 2 is 1.92 bits per heavy atom. The number of hydrogen-bond acceptors (Lipinski definition) is 5. The van der Waals surface area contributed by atoms with E-state index < -0.39 is 62.9 Å². The quantitative estimate of drug-likeness (QED) is 0.342. The van der Waals surface area contributed by atoms with Crippen molar-refractivity contribution in [1.29, 1.82) is 0 Å². The second kappa shape index (κ2) is 13.1. The molecule has 204 valence electrons. The number of amides is 1. The van der Waals surface area contributed by atoms with Gasteiger partial charge in [-0.3, -0.25) is 9.59 Å². The van der Waals surface area contributed by atoms with Crippen LogP contribution in [0.3, 0.4) is 0 Å². The van der Waals surface area contributed by atoms with Gasteiger partial charge in [0.1, 0.15) is 12.2 Å². The minimum Gasteiger partial charge on any atom is -0.481 e. The number of allylic oxidation sites excluding steroid dienone is 3. The number of carboxylic acid groups (broad SMARTS) is 1. The molecule has 0 radical (unpaired) electrons. The summed E-state index contributed by atoms with van der Waals surface area (Å²) in [5, 5.41) is 8.79. The van der Waals surface area contributed by atoms with Gasteiger partial charge in [-0.1, -0.05) is 61.0 Å². The summed E-state index contributed by atoms with van der Waals surface area (Å²) in [6, 6.07) is 5.24. The lowest BCUT2D eigenvalue weighted by atomic mass is 9.89. The van der Waals surface area contributed by atoms with E-state index in [1.165, 1.54) is 4.90 Å². The highest BCUT2D eigenvalue weighted by atomic mass is 35.5. The predicted molar refractivity (Wildman–Crippen MR) is 147 cm³/mol. The highest BCUT2D eigenvalue weighted by Gasteiger charge is 2.49. The lowest BCUT2D eigenvalue weighted by molar-refractivity contribution is -0.179. The van der Waals surface area contributed by atoms with Crippen LogP contribution < -0.4 is 0 Å². The van der Waals surface area contributed by atoms with Gasteiger partial charge in [-0.15, -0.1) is 0 Å². The smallest absolute Gasteiger partial charge is 0.306 e. The van der Waals surface area contributed by atoms with Crippen molar-refractivity contribution in [2.75, 3.05) is 0 Å². The Morgan fingerprint density at radius 3 is 2.43 bits per heavy atom. The Hall–Kier alpha value is -2.13. The molecular formula is C27H35Cl2NO6S. The first-order valence-electron chi connectivity index (χ1n) is 12.1. The third-order valence-corrected chi connectivity index (χ3v) is 9.81. The average Bonchev–Trinajstić information content (AvgIpc) is 2.83. The van der Waals surface area contributed by atoms with Crippen molar-refractivity contribution in [2.24, 2.45) is 0 Å². The van der Waals surface area contributed by atoms with Gasteiger partial charge in [0.15, 0.2) is 9.84 Å². The van der Waals surface area contributed by atoms with Gasteiger partial charge < -0.3 is 14.7 Å². The highest BCUT2D eigenvalue weighted by Crippen LogP contribution is 2.40. The van der Waals surface area contributed by atoms with Crippen molar-refractivity contribution in [3.8, 4) is 0 Å². The van der Waals surface area contributed by atoms with Crippen LogP contribution in [0.2, 0.25) is 5.02 Å². The molecule has 1 aromatic carbocycles. The van der Waals surface area contributed by atoms with E-state index in [4.69, 9.17) is 27.9 Å². The van der Waals surface area contributed by atoms with Crippen molar-refractivity contribution in [3.63, 3.8) is 0 Å². The Morgan fingerprint density at radius 1 is 1.27 bits per heavy atom. The Balaban J connectivity index is 2.78. The zero-order valence-electron chi connectivity index (χ0n) is 21.7. The molecule has 1 heterocycles. The van der Waals surface area contributed by atoms with Crippen LogP contribution in [0.4, 0.5) is 0 Å². The number of sulfone groups is 1. The molecule has 5 atom stereocenters. The number of aliphatic carboxylic acids is 1. The van der Waals surface area contributed by atoms with E-state index in [9.17, 15) is 23.1 Å². The second-order valence-electron chi connectivity index (χ2n) is 9.29. The summed E-state index contributed by atoms with van der Waals surface area (Å²) < 4.78 is 32.6. The maximum atomic E-state index is 13.8. The van der Waals surface area contributed by atoms with E-state index in [0.717, 1.165) is 0 Å². The van der Waals surface area contributed by atoms with E-state index >= 15 is 0 Å². The van der Waals surface area contributed by atoms with Crippen LogP contribution >= 0.6 is 23.2 Å². The number of morpholine rings is 1. The molecule has 1 aliphatic rings. The van der Waals surface area contributed by atoms with Gasteiger partial charge in [0.2, 0.25) is 0 Å². The molecule has 10 heteroatoms. The lowest BCUT2D eigenvalue weighted by Gasteiger charge is -2.49. The molecule has 5 unspecified atom stereocenters. The predicted octanol–water partition coefficient (Wildman–Crippen LogP) is 5.70. The summed E-state index contributed by atoms with van der Waals surface area (Å²) in [6.45, 7) is 12.5. The first-order chi connectivity index (χ1) is 17.3. The fraction of sp³-hybridized carbons (Fsp3) is 0.481. The molecule has 0 bridgehead atoms. The third-order valence-electron chi connectivity index (χ3n) is 6.57. The Bertz CT molecular complexity index is 1180. The van der Waals surface area contributed by atoms with Crippen molar-refractivity contribution >= 4 is 44.9 Å². The SMILES string of the molecule is C=C(C=CC(Cl)=CC)C1C(c2cccc(Cl)c2)OC(CC(=O)O)C(=O)N1C(CC)C(C)S(=O)(=O)C(C)C. The first-order valence-corrected chi connectivity index (χ1v) is 14.5. The van der Waals surface area contributed by atoms with Gasteiger partial charge in [-0.2, -0.15) is 0 Å². The van der Waals surface area contributed by atoms with Gasteiger partial charge in [0, 0.05) is 16.1 Å². The summed E-state index contributed by atoms with van der Waals surface area (Å²) >= 11 is 12.4. The molecule has 0 aromatic heterocycles. The minimum absolute atomic E-state index is 0.310. The fourth-order valence-corrected chi connectivity index (χ4v) is 6.41. The zero-order chi connectivity index (χ0) is 28.1. The lowest BCUT2D eigenvalue weighted by Crippen LogP contribution is -2.62. The average molecular weight is 573 g/mol. The number of carbonyl (C=O) groups excluding carboxylic acids is 1. The molecule has 1 N–H and O–H groups in total. The van der Waals surface area contributed by atoms with Crippen LogP contribution in [-0.2, 0) is 24.2 Å². The largest absolute Gasteiger partial charge is 0.481 e. The standard InChI is InChI=1S/C27H35Cl2NO6S/c1-7-20(28)13-12-17(5)25-26(19-10-9-11-21(29)14-19)36-23(15-24(31)32)27(33)30(25)22(8-2)18(6)37(34,35)16(3)4/h7,9-14,16,18,22-23,25-26H,5,8,15H2,1-4,6H3,(H,31,32). The van der Waals surface area contributed by atoms with Gasteiger partial charge in [0.05, 0.1) is 23.0 Å². The topological polar surface area (TPSA) is 101 Å². The maximum Gasteiger partial charge on any atom is 0.306 e. The van der Waals surface area contributed by atoms with E-state index in [0.29, 0.717) is 27.6 Å². The molecule has 1 amide bonds. The van der Waals surface area contributed by atoms with Gasteiger partial charge in [-0.05, 0) is 63.5 Å². The van der Waals surface area contributed by atoms with E-state index in [1.54, 1.807) is 77.1 Å². The third kappa shape index (κ3) is 7.25. The van der Waals surface area contributed by atoms with E-state index in [2.05, 4.69) is 6.58 Å². The molecule has 1 aliphatic heterocycles. The van der Waals surface area contributed by atoms with Gasteiger partial charge in [0.25, 0.3) is 5.91 Å². The Labute approximate surface area is 229 Å². The normalized spacial score (nSPS) is 22.9. The molecule has 7 nitrogen and oxygen atoms in total. The van der Waals surface area contributed by atoms with Crippen LogP contribution in [0.1, 0.15) is 59.1 Å². The van der Waals surface area contributed by atoms with E-state index in [-0.39, 0.29) is 0 Å². The molecule has 0 saturated carbocycles. The first kappa shape index (κ1) is 31.1.